The molecule has 0 aliphatic heterocycles. The molecule has 1 aromatic carbocycles. The lowest BCUT2D eigenvalue weighted by atomic mass is 10.2. The van der Waals surface area contributed by atoms with Gasteiger partial charge in [-0.1, -0.05) is 6.92 Å². The van der Waals surface area contributed by atoms with E-state index in [9.17, 15) is 0 Å². The Labute approximate surface area is 93.3 Å². The van der Waals surface area contributed by atoms with Crippen LogP contribution in [0.15, 0.2) is 22.6 Å². The van der Waals surface area contributed by atoms with E-state index in [2.05, 4.69) is 10.3 Å². The van der Waals surface area contributed by atoms with Gasteiger partial charge in [-0.25, -0.2) is 0 Å². The van der Waals surface area contributed by atoms with Gasteiger partial charge < -0.3 is 20.6 Å². The molecule has 16 heavy (non-hydrogen) atoms. The van der Waals surface area contributed by atoms with E-state index in [0.29, 0.717) is 23.8 Å². The topological polar surface area (TPSA) is 84.3 Å². The lowest BCUT2D eigenvalue weighted by molar-refractivity contribution is 0.243. The number of aromatic nitrogens is 1. The quantitative estimate of drug-likeness (QED) is 0.680. The van der Waals surface area contributed by atoms with Crippen molar-refractivity contribution in [1.29, 1.82) is 0 Å². The maximum absolute atomic E-state index is 8.88. The zero-order valence-corrected chi connectivity index (χ0v) is 9.10. The van der Waals surface area contributed by atoms with Crippen LogP contribution in [0.1, 0.15) is 6.92 Å². The van der Waals surface area contributed by atoms with Gasteiger partial charge in [-0.2, -0.15) is 4.98 Å². The summed E-state index contributed by atoms with van der Waals surface area (Å²) in [6.07, 6.45) is 0. The van der Waals surface area contributed by atoms with Gasteiger partial charge in [0.05, 0.1) is 0 Å². The van der Waals surface area contributed by atoms with Crippen LogP contribution in [0.25, 0.3) is 11.1 Å². The number of hydrogen-bond acceptors (Lipinski definition) is 5. The molecule has 0 saturated carbocycles. The molecule has 1 unspecified atom stereocenters. The Morgan fingerprint density at radius 2 is 2.38 bits per heavy atom. The second-order valence-electron chi connectivity index (χ2n) is 3.91. The van der Waals surface area contributed by atoms with E-state index in [0.717, 1.165) is 5.52 Å². The first-order valence-corrected chi connectivity index (χ1v) is 5.20. The predicted octanol–water partition coefficient (Wildman–Crippen LogP) is 1.45. The molecule has 5 nitrogen and oxygen atoms in total. The van der Waals surface area contributed by atoms with Gasteiger partial charge in [0, 0.05) is 18.8 Å². The third kappa shape index (κ3) is 2.25. The van der Waals surface area contributed by atoms with Gasteiger partial charge in [0.2, 0.25) is 0 Å². The zero-order chi connectivity index (χ0) is 11.5. The van der Waals surface area contributed by atoms with Crippen molar-refractivity contribution in [3.63, 3.8) is 0 Å². The minimum Gasteiger partial charge on any atom is -0.424 e. The van der Waals surface area contributed by atoms with Gasteiger partial charge in [0.15, 0.2) is 5.58 Å². The minimum atomic E-state index is 0.139. The molecule has 86 valence electrons. The molecule has 0 saturated heterocycles. The number of aliphatic hydroxyl groups is 1. The number of aliphatic hydroxyl groups excluding tert-OH is 1. The Kier molecular flexibility index (Phi) is 2.96. The number of nitrogens with two attached hydrogens (primary N) is 1. The van der Waals surface area contributed by atoms with Crippen molar-refractivity contribution >= 4 is 22.8 Å². The Morgan fingerprint density at radius 3 is 3.12 bits per heavy atom. The van der Waals surface area contributed by atoms with E-state index in [1.807, 2.05) is 6.92 Å². The van der Waals surface area contributed by atoms with Gasteiger partial charge in [0.1, 0.15) is 5.52 Å². The number of anilines is 2. The highest BCUT2D eigenvalue weighted by Crippen LogP contribution is 2.20. The molecule has 4 N–H and O–H groups in total. The summed E-state index contributed by atoms with van der Waals surface area (Å²) in [5, 5.41) is 11.9. The van der Waals surface area contributed by atoms with E-state index in [1.165, 1.54) is 0 Å². The Balaban J connectivity index is 2.13. The average Bonchev–Trinajstić information content (AvgIpc) is 2.67. The lowest BCUT2D eigenvalue weighted by Gasteiger charge is -2.06. The fourth-order valence-corrected chi connectivity index (χ4v) is 1.35. The average molecular weight is 221 g/mol. The monoisotopic (exact) mass is 221 g/mol. The molecule has 1 atom stereocenters. The summed E-state index contributed by atoms with van der Waals surface area (Å²) in [7, 11) is 0. The molecule has 0 amide bonds. The van der Waals surface area contributed by atoms with Crippen molar-refractivity contribution < 1.29 is 9.52 Å². The first-order chi connectivity index (χ1) is 7.69. The summed E-state index contributed by atoms with van der Waals surface area (Å²) in [5.41, 5.74) is 7.74. The number of hydrogen-bond donors (Lipinski definition) is 3. The first kappa shape index (κ1) is 10.8. The van der Waals surface area contributed by atoms with Gasteiger partial charge in [0.25, 0.3) is 6.01 Å². The van der Waals surface area contributed by atoms with Crippen LogP contribution in [0.2, 0.25) is 0 Å². The SMILES string of the molecule is CC(CO)CNc1nc2cc(N)ccc2o1. The molecule has 2 aromatic rings. The van der Waals surface area contributed by atoms with Crippen LogP contribution >= 0.6 is 0 Å². The zero-order valence-electron chi connectivity index (χ0n) is 9.10. The van der Waals surface area contributed by atoms with Crippen molar-refractivity contribution in [2.75, 3.05) is 24.2 Å². The molecule has 1 aromatic heterocycles. The van der Waals surface area contributed by atoms with Crippen molar-refractivity contribution in [3.8, 4) is 0 Å². The van der Waals surface area contributed by atoms with E-state index in [4.69, 9.17) is 15.3 Å². The highest BCUT2D eigenvalue weighted by Gasteiger charge is 2.06. The second kappa shape index (κ2) is 4.40. The van der Waals surface area contributed by atoms with E-state index in [-0.39, 0.29) is 12.5 Å². The van der Waals surface area contributed by atoms with Crippen LogP contribution in [0, 0.1) is 5.92 Å². The van der Waals surface area contributed by atoms with E-state index >= 15 is 0 Å². The first-order valence-electron chi connectivity index (χ1n) is 5.20. The lowest BCUT2D eigenvalue weighted by Crippen LogP contribution is -2.14. The summed E-state index contributed by atoms with van der Waals surface area (Å²) in [5.74, 6) is 0.167. The Morgan fingerprint density at radius 1 is 1.56 bits per heavy atom. The Bertz CT molecular complexity index is 481. The normalized spacial score (nSPS) is 12.9. The summed E-state index contributed by atoms with van der Waals surface area (Å²) in [6.45, 7) is 2.70. The molecule has 0 fully saturated rings. The largest absolute Gasteiger partial charge is 0.424 e. The number of benzene rings is 1. The molecular formula is C11H15N3O2. The van der Waals surface area contributed by atoms with E-state index < -0.39 is 0 Å². The Hall–Kier alpha value is -1.75. The van der Waals surface area contributed by atoms with Crippen LogP contribution in [0.5, 0.6) is 0 Å². The highest BCUT2D eigenvalue weighted by atomic mass is 16.4. The smallest absolute Gasteiger partial charge is 0.295 e. The van der Waals surface area contributed by atoms with Gasteiger partial charge in [-0.05, 0) is 24.1 Å². The number of nitrogen functional groups attached to an aromatic ring is 1. The fourth-order valence-electron chi connectivity index (χ4n) is 1.35. The maximum Gasteiger partial charge on any atom is 0.295 e. The molecule has 1 heterocycles. The number of rotatable bonds is 4. The molecule has 0 aliphatic rings. The third-order valence-corrected chi connectivity index (χ3v) is 2.33. The molecule has 0 bridgehead atoms. The summed E-state index contributed by atoms with van der Waals surface area (Å²) in [6, 6.07) is 5.78. The second-order valence-corrected chi connectivity index (χ2v) is 3.91. The van der Waals surface area contributed by atoms with Crippen LogP contribution in [0.3, 0.4) is 0 Å². The standard InChI is InChI=1S/C11H15N3O2/c1-7(6-15)5-13-11-14-9-4-8(12)2-3-10(9)16-11/h2-4,7,15H,5-6,12H2,1H3,(H,13,14). The molecule has 5 heteroatoms. The van der Waals surface area contributed by atoms with E-state index in [1.54, 1.807) is 18.2 Å². The summed E-state index contributed by atoms with van der Waals surface area (Å²) in [4.78, 5) is 4.24. The van der Waals surface area contributed by atoms with Gasteiger partial charge in [-0.3, -0.25) is 0 Å². The van der Waals surface area contributed by atoms with Gasteiger partial charge >= 0.3 is 0 Å². The molecule has 2 rings (SSSR count). The highest BCUT2D eigenvalue weighted by molar-refractivity contribution is 5.78. The molecular weight excluding hydrogens is 206 g/mol. The number of nitrogens with one attached hydrogen (secondary N) is 1. The maximum atomic E-state index is 8.88. The van der Waals surface area contributed by atoms with Crippen molar-refractivity contribution in [2.45, 2.75) is 6.92 Å². The molecule has 0 radical (unpaired) electrons. The van der Waals surface area contributed by atoms with Crippen molar-refractivity contribution in [2.24, 2.45) is 5.92 Å². The third-order valence-electron chi connectivity index (χ3n) is 2.33. The molecule has 0 spiro atoms. The summed E-state index contributed by atoms with van der Waals surface area (Å²) >= 11 is 0. The fraction of sp³-hybridized carbons (Fsp3) is 0.364. The summed E-state index contributed by atoms with van der Waals surface area (Å²) < 4.78 is 5.46. The van der Waals surface area contributed by atoms with Crippen LogP contribution in [0.4, 0.5) is 11.7 Å². The van der Waals surface area contributed by atoms with Crippen LogP contribution < -0.4 is 11.1 Å². The predicted molar refractivity (Wildman–Crippen MR) is 63.2 cm³/mol. The van der Waals surface area contributed by atoms with Crippen molar-refractivity contribution in [1.82, 2.24) is 4.98 Å². The minimum absolute atomic E-state index is 0.139. The van der Waals surface area contributed by atoms with Gasteiger partial charge in [-0.15, -0.1) is 0 Å². The van der Waals surface area contributed by atoms with Crippen LogP contribution in [-0.2, 0) is 0 Å². The van der Waals surface area contributed by atoms with Crippen LogP contribution in [-0.4, -0.2) is 23.2 Å². The van der Waals surface area contributed by atoms with Crippen molar-refractivity contribution in [3.05, 3.63) is 18.2 Å². The number of nitrogens with zero attached hydrogens (tertiary/aromatic N) is 1. The number of fused-ring (bicyclic) bond motifs is 1. The molecule has 0 aliphatic carbocycles. The number of oxazole rings is 1.